The van der Waals surface area contributed by atoms with Gasteiger partial charge in [-0.25, -0.2) is 8.42 Å². The van der Waals surface area contributed by atoms with Crippen molar-refractivity contribution in [1.29, 1.82) is 0 Å². The van der Waals surface area contributed by atoms with Gasteiger partial charge in [0.25, 0.3) is 15.9 Å². The van der Waals surface area contributed by atoms with Gasteiger partial charge in [-0.15, -0.1) is 0 Å². The summed E-state index contributed by atoms with van der Waals surface area (Å²) < 4.78 is 38.4. The summed E-state index contributed by atoms with van der Waals surface area (Å²) in [7, 11) is -2.24. The van der Waals surface area contributed by atoms with E-state index >= 15 is 0 Å². The fraction of sp³-hybridized carbons (Fsp3) is 0.182. The number of sulfonamides is 1. The van der Waals surface area contributed by atoms with Crippen molar-refractivity contribution in [3.63, 3.8) is 0 Å². The lowest BCUT2D eigenvalue weighted by atomic mass is 10.2. The highest BCUT2D eigenvalue weighted by atomic mass is 32.2. The molecule has 0 spiro atoms. The largest absolute Gasteiger partial charge is 0.497 e. The molecule has 0 aliphatic carbocycles. The van der Waals surface area contributed by atoms with Gasteiger partial charge in [0.1, 0.15) is 11.5 Å². The van der Waals surface area contributed by atoms with Crippen molar-refractivity contribution >= 4 is 21.6 Å². The van der Waals surface area contributed by atoms with Gasteiger partial charge in [0.2, 0.25) is 0 Å². The van der Waals surface area contributed by atoms with Gasteiger partial charge in [-0.1, -0.05) is 6.07 Å². The van der Waals surface area contributed by atoms with Crippen LogP contribution < -0.4 is 19.5 Å². The number of pyridine rings is 1. The molecule has 2 aromatic carbocycles. The van der Waals surface area contributed by atoms with Crippen molar-refractivity contribution in [1.82, 2.24) is 10.3 Å². The Labute approximate surface area is 181 Å². The molecule has 3 rings (SSSR count). The van der Waals surface area contributed by atoms with E-state index < -0.39 is 10.0 Å². The Morgan fingerprint density at radius 2 is 1.84 bits per heavy atom. The van der Waals surface area contributed by atoms with Gasteiger partial charge in [-0.3, -0.25) is 14.5 Å². The average molecular weight is 442 g/mol. The van der Waals surface area contributed by atoms with E-state index in [0.29, 0.717) is 29.3 Å². The monoisotopic (exact) mass is 441 g/mol. The van der Waals surface area contributed by atoms with Gasteiger partial charge >= 0.3 is 0 Å². The van der Waals surface area contributed by atoms with E-state index in [2.05, 4.69) is 15.0 Å². The van der Waals surface area contributed by atoms with Crippen molar-refractivity contribution < 1.29 is 22.7 Å². The quantitative estimate of drug-likeness (QED) is 0.529. The molecule has 0 unspecified atom stereocenters. The Bertz CT molecular complexity index is 1130. The number of hydrogen-bond donors (Lipinski definition) is 2. The molecule has 1 amide bonds. The van der Waals surface area contributed by atoms with Crippen molar-refractivity contribution in [3.05, 3.63) is 78.1 Å². The lowest BCUT2D eigenvalue weighted by Gasteiger charge is -2.12. The van der Waals surface area contributed by atoms with E-state index in [4.69, 9.17) is 9.47 Å². The zero-order valence-corrected chi connectivity index (χ0v) is 18.0. The van der Waals surface area contributed by atoms with E-state index in [9.17, 15) is 13.2 Å². The Hall–Kier alpha value is -3.59. The van der Waals surface area contributed by atoms with Gasteiger partial charge in [0, 0.05) is 11.9 Å². The summed E-state index contributed by atoms with van der Waals surface area (Å²) in [5, 5.41) is 2.72. The first-order chi connectivity index (χ1) is 14.9. The maximum Gasteiger partial charge on any atom is 0.261 e. The Morgan fingerprint density at radius 3 is 2.48 bits per heavy atom. The molecule has 0 atom stereocenters. The number of carbonyl (C=O) groups is 1. The molecular formula is C22H23N3O5S. The van der Waals surface area contributed by atoms with Crippen molar-refractivity contribution in [2.75, 3.05) is 18.4 Å². The molecule has 0 aliphatic rings. The second-order valence-electron chi connectivity index (χ2n) is 6.65. The number of benzene rings is 2. The van der Waals surface area contributed by atoms with E-state index in [1.54, 1.807) is 43.5 Å². The Balaban J connectivity index is 1.58. The van der Waals surface area contributed by atoms with Crippen LogP contribution >= 0.6 is 0 Å². The van der Waals surface area contributed by atoms with Crippen molar-refractivity contribution in [2.24, 2.45) is 0 Å². The number of amides is 1. The fourth-order valence-corrected chi connectivity index (χ4v) is 3.85. The van der Waals surface area contributed by atoms with Crippen LogP contribution in [0.1, 0.15) is 11.3 Å². The number of nitrogens with one attached hydrogen (secondary N) is 2. The van der Waals surface area contributed by atoms with Crippen LogP contribution in [0.3, 0.4) is 0 Å². The summed E-state index contributed by atoms with van der Waals surface area (Å²) in [5.41, 5.74) is 1.75. The minimum atomic E-state index is -3.78. The lowest BCUT2D eigenvalue weighted by molar-refractivity contribution is -0.123. The number of ether oxygens (including phenoxy) is 2. The molecule has 8 nitrogen and oxygen atoms in total. The topological polar surface area (TPSA) is 107 Å². The summed E-state index contributed by atoms with van der Waals surface area (Å²) in [6, 6.07) is 16.5. The number of methoxy groups -OCH3 is 1. The Kier molecular flexibility index (Phi) is 7.09. The van der Waals surface area contributed by atoms with Crippen molar-refractivity contribution in [2.45, 2.75) is 18.4 Å². The minimum Gasteiger partial charge on any atom is -0.497 e. The zero-order chi connectivity index (χ0) is 22.3. The lowest BCUT2D eigenvalue weighted by Crippen LogP contribution is -2.28. The number of hydrogen-bond acceptors (Lipinski definition) is 6. The fourth-order valence-electron chi connectivity index (χ4n) is 2.71. The highest BCUT2D eigenvalue weighted by Gasteiger charge is 2.16. The first-order valence-electron chi connectivity index (χ1n) is 9.44. The molecule has 1 aromatic heterocycles. The SMILES string of the molecule is COc1ccc(NS(=O)(=O)c2ccc(OCC(=O)NCc3ccccn3)c(C)c2)cc1. The first-order valence-corrected chi connectivity index (χ1v) is 10.9. The third-order valence-electron chi connectivity index (χ3n) is 4.35. The zero-order valence-electron chi connectivity index (χ0n) is 17.2. The standard InChI is InChI=1S/C22H23N3O5S/c1-16-13-20(31(27,28)25-17-6-8-19(29-2)9-7-17)10-11-21(16)30-15-22(26)24-14-18-5-3-4-12-23-18/h3-13,25H,14-15H2,1-2H3,(H,24,26). The van der Waals surface area contributed by atoms with Gasteiger partial charge in [0.15, 0.2) is 6.61 Å². The summed E-state index contributed by atoms with van der Waals surface area (Å²) >= 11 is 0. The molecule has 2 N–H and O–H groups in total. The number of rotatable bonds is 9. The van der Waals surface area contributed by atoms with Crippen molar-refractivity contribution in [3.8, 4) is 11.5 Å². The van der Waals surface area contributed by atoms with Gasteiger partial charge in [-0.2, -0.15) is 0 Å². The average Bonchev–Trinajstić information content (AvgIpc) is 2.77. The first kappa shape index (κ1) is 22.1. The maximum atomic E-state index is 12.7. The van der Waals surface area contributed by atoms with Crippen LogP contribution in [0.2, 0.25) is 0 Å². The predicted octanol–water partition coefficient (Wildman–Crippen LogP) is 2.89. The molecule has 162 valence electrons. The smallest absolute Gasteiger partial charge is 0.261 e. The van der Waals surface area contributed by atoms with Crippen LogP contribution in [-0.2, 0) is 21.4 Å². The van der Waals surface area contributed by atoms with E-state index in [0.717, 1.165) is 5.69 Å². The minimum absolute atomic E-state index is 0.0905. The predicted molar refractivity (Wildman–Crippen MR) is 117 cm³/mol. The van der Waals surface area contributed by atoms with E-state index in [-0.39, 0.29) is 17.4 Å². The summed E-state index contributed by atoms with van der Waals surface area (Å²) in [5.74, 6) is 0.753. The number of aryl methyl sites for hydroxylation is 1. The molecule has 0 aliphatic heterocycles. The second kappa shape index (κ2) is 9.94. The van der Waals surface area contributed by atoms with Crippen LogP contribution in [0.4, 0.5) is 5.69 Å². The number of aromatic nitrogens is 1. The highest BCUT2D eigenvalue weighted by molar-refractivity contribution is 7.92. The molecule has 0 fully saturated rings. The molecule has 0 radical (unpaired) electrons. The highest BCUT2D eigenvalue weighted by Crippen LogP contribution is 2.24. The summed E-state index contributed by atoms with van der Waals surface area (Å²) in [6.45, 7) is 1.83. The van der Waals surface area contributed by atoms with Crippen LogP contribution in [0.15, 0.2) is 71.8 Å². The molecule has 1 heterocycles. The molecule has 0 saturated carbocycles. The molecule has 0 bridgehead atoms. The third-order valence-corrected chi connectivity index (χ3v) is 5.73. The molecule has 3 aromatic rings. The van der Waals surface area contributed by atoms with Gasteiger partial charge in [-0.05, 0) is 67.1 Å². The second-order valence-corrected chi connectivity index (χ2v) is 8.33. The molecule has 31 heavy (non-hydrogen) atoms. The van der Waals surface area contributed by atoms with Gasteiger partial charge < -0.3 is 14.8 Å². The molecule has 9 heteroatoms. The Morgan fingerprint density at radius 1 is 1.06 bits per heavy atom. The summed E-state index contributed by atoms with van der Waals surface area (Å²) in [4.78, 5) is 16.2. The number of nitrogens with zero attached hydrogens (tertiary/aromatic N) is 1. The van der Waals surface area contributed by atoms with Gasteiger partial charge in [0.05, 0.1) is 24.2 Å². The van der Waals surface area contributed by atoms with E-state index in [1.165, 1.54) is 25.3 Å². The maximum absolute atomic E-state index is 12.7. The number of anilines is 1. The third kappa shape index (κ3) is 6.19. The van der Waals surface area contributed by atoms with Crippen LogP contribution in [0.25, 0.3) is 0 Å². The van der Waals surface area contributed by atoms with Crippen LogP contribution in [-0.4, -0.2) is 33.0 Å². The summed E-state index contributed by atoms with van der Waals surface area (Å²) in [6.07, 6.45) is 1.65. The molecule has 0 saturated heterocycles. The molecular weight excluding hydrogens is 418 g/mol. The van der Waals surface area contributed by atoms with Crippen LogP contribution in [0.5, 0.6) is 11.5 Å². The number of carbonyl (C=O) groups excluding carboxylic acids is 1. The van der Waals surface area contributed by atoms with Crippen LogP contribution in [0, 0.1) is 6.92 Å². The van der Waals surface area contributed by atoms with E-state index in [1.807, 2.05) is 12.1 Å². The normalized spacial score (nSPS) is 10.9.